The summed E-state index contributed by atoms with van der Waals surface area (Å²) < 4.78 is 5.16. The summed E-state index contributed by atoms with van der Waals surface area (Å²) in [4.78, 5) is 11.6. The number of aromatic nitrogens is 2. The Hall–Kier alpha value is -1.56. The number of hydrogen-bond acceptors (Lipinski definition) is 4. The van der Waals surface area contributed by atoms with Gasteiger partial charge >= 0.3 is 0 Å². The van der Waals surface area contributed by atoms with Crippen molar-refractivity contribution in [2.24, 2.45) is 0 Å². The number of nitrogen functional groups attached to an aromatic ring is 1. The van der Waals surface area contributed by atoms with E-state index < -0.39 is 5.60 Å². The molecule has 15 heavy (non-hydrogen) atoms. The number of H-pyrrole nitrogens is 1. The van der Waals surface area contributed by atoms with Gasteiger partial charge in [-0.25, -0.2) is 0 Å². The summed E-state index contributed by atoms with van der Waals surface area (Å²) in [5, 5.41) is 8.90. The van der Waals surface area contributed by atoms with E-state index in [0.29, 0.717) is 12.2 Å². The highest BCUT2D eigenvalue weighted by Crippen LogP contribution is 2.08. The van der Waals surface area contributed by atoms with Gasteiger partial charge in [0.05, 0.1) is 17.5 Å². The first kappa shape index (κ1) is 11.5. The van der Waals surface area contributed by atoms with Crippen molar-refractivity contribution < 1.29 is 9.53 Å². The van der Waals surface area contributed by atoms with Crippen molar-refractivity contribution >= 4 is 11.6 Å². The minimum absolute atomic E-state index is 0.280. The lowest BCUT2D eigenvalue weighted by molar-refractivity contribution is 0.0228. The van der Waals surface area contributed by atoms with Crippen LogP contribution in [0.5, 0.6) is 0 Å². The first-order valence-corrected chi connectivity index (χ1v) is 4.58. The highest BCUT2D eigenvalue weighted by molar-refractivity contribution is 5.96. The summed E-state index contributed by atoms with van der Waals surface area (Å²) in [5.41, 5.74) is 5.74. The molecular weight excluding hydrogens is 196 g/mol. The van der Waals surface area contributed by atoms with Crippen molar-refractivity contribution in [3.8, 4) is 0 Å². The molecule has 0 fully saturated rings. The molecule has 6 heteroatoms. The third kappa shape index (κ3) is 2.95. The molecule has 84 valence electrons. The molecule has 1 heterocycles. The van der Waals surface area contributed by atoms with Crippen LogP contribution >= 0.6 is 0 Å². The molecule has 6 nitrogen and oxygen atoms in total. The molecule has 0 saturated heterocycles. The zero-order valence-electron chi connectivity index (χ0n) is 9.13. The van der Waals surface area contributed by atoms with Gasteiger partial charge in [-0.1, -0.05) is 0 Å². The predicted molar refractivity (Wildman–Crippen MR) is 56.4 cm³/mol. The SMILES string of the molecule is COC(C)(C)CNC(=O)c1[nH]ncc1N. The van der Waals surface area contributed by atoms with E-state index >= 15 is 0 Å². The fourth-order valence-corrected chi connectivity index (χ4v) is 0.931. The lowest BCUT2D eigenvalue weighted by atomic mass is 10.1. The van der Waals surface area contributed by atoms with Crippen LogP contribution in [0, 0.1) is 0 Å². The van der Waals surface area contributed by atoms with Crippen molar-refractivity contribution in [2.75, 3.05) is 19.4 Å². The normalized spacial score (nSPS) is 11.4. The van der Waals surface area contributed by atoms with Gasteiger partial charge in [0.2, 0.25) is 0 Å². The third-order valence-electron chi connectivity index (χ3n) is 2.12. The molecular formula is C9H16N4O2. The number of methoxy groups -OCH3 is 1. The van der Waals surface area contributed by atoms with Gasteiger partial charge in [-0.3, -0.25) is 9.89 Å². The van der Waals surface area contributed by atoms with Crippen molar-refractivity contribution in [3.05, 3.63) is 11.9 Å². The Balaban J connectivity index is 2.55. The van der Waals surface area contributed by atoms with Crippen molar-refractivity contribution in [3.63, 3.8) is 0 Å². The fourth-order valence-electron chi connectivity index (χ4n) is 0.931. The van der Waals surface area contributed by atoms with Gasteiger partial charge in [-0.15, -0.1) is 0 Å². The second-order valence-corrected chi connectivity index (χ2v) is 3.85. The van der Waals surface area contributed by atoms with Gasteiger partial charge in [0.1, 0.15) is 5.69 Å². The highest BCUT2D eigenvalue weighted by atomic mass is 16.5. The van der Waals surface area contributed by atoms with E-state index in [1.54, 1.807) is 7.11 Å². The van der Waals surface area contributed by atoms with E-state index in [0.717, 1.165) is 0 Å². The maximum atomic E-state index is 11.6. The molecule has 1 rings (SSSR count). The van der Waals surface area contributed by atoms with Crippen molar-refractivity contribution in [1.82, 2.24) is 15.5 Å². The molecule has 0 aliphatic rings. The number of amides is 1. The smallest absolute Gasteiger partial charge is 0.271 e. The standard InChI is InChI=1S/C9H16N4O2/c1-9(2,15-3)5-11-8(14)7-6(10)4-12-13-7/h4H,5,10H2,1-3H3,(H,11,14)(H,12,13). The number of nitrogens with one attached hydrogen (secondary N) is 2. The summed E-state index contributed by atoms with van der Waals surface area (Å²) in [6.07, 6.45) is 1.40. The molecule has 0 atom stereocenters. The minimum Gasteiger partial charge on any atom is -0.396 e. The molecule has 0 aliphatic carbocycles. The number of carbonyl (C=O) groups excluding carboxylic acids is 1. The van der Waals surface area contributed by atoms with Gasteiger partial charge in [-0.05, 0) is 13.8 Å². The summed E-state index contributed by atoms with van der Waals surface area (Å²) in [7, 11) is 1.59. The van der Waals surface area contributed by atoms with Crippen molar-refractivity contribution in [2.45, 2.75) is 19.4 Å². The first-order chi connectivity index (χ1) is 6.96. The number of ether oxygens (including phenoxy) is 1. The Bertz CT molecular complexity index is 346. The zero-order chi connectivity index (χ0) is 11.5. The molecule has 0 bridgehead atoms. The van der Waals surface area contributed by atoms with Gasteiger partial charge in [0.25, 0.3) is 5.91 Å². The van der Waals surface area contributed by atoms with Crippen LogP contribution in [0.1, 0.15) is 24.3 Å². The molecule has 1 aromatic heterocycles. The van der Waals surface area contributed by atoms with Gasteiger partial charge < -0.3 is 15.8 Å². The predicted octanol–water partition coefficient (Wildman–Crippen LogP) is 0.147. The van der Waals surface area contributed by atoms with Crippen LogP contribution in [-0.4, -0.2) is 35.4 Å². The van der Waals surface area contributed by atoms with Crippen LogP contribution in [-0.2, 0) is 4.74 Å². The number of aromatic amines is 1. The molecule has 0 aromatic carbocycles. The fraction of sp³-hybridized carbons (Fsp3) is 0.556. The maximum absolute atomic E-state index is 11.6. The topological polar surface area (TPSA) is 93.0 Å². The zero-order valence-corrected chi connectivity index (χ0v) is 9.13. The molecule has 4 N–H and O–H groups in total. The van der Waals surface area contributed by atoms with E-state index in [1.807, 2.05) is 13.8 Å². The number of rotatable bonds is 4. The molecule has 0 radical (unpaired) electrons. The Morgan fingerprint density at radius 1 is 1.73 bits per heavy atom. The Morgan fingerprint density at radius 3 is 2.87 bits per heavy atom. The Labute approximate surface area is 88.2 Å². The molecule has 0 unspecified atom stereocenters. The summed E-state index contributed by atoms with van der Waals surface area (Å²) in [6.45, 7) is 4.16. The summed E-state index contributed by atoms with van der Waals surface area (Å²) in [6, 6.07) is 0. The average molecular weight is 212 g/mol. The average Bonchev–Trinajstić information content (AvgIpc) is 2.61. The lowest BCUT2D eigenvalue weighted by Crippen LogP contribution is -2.40. The minimum atomic E-state index is -0.398. The van der Waals surface area contributed by atoms with Gasteiger partial charge in [0, 0.05) is 13.7 Å². The van der Waals surface area contributed by atoms with Gasteiger partial charge in [0.15, 0.2) is 0 Å². The largest absolute Gasteiger partial charge is 0.396 e. The van der Waals surface area contributed by atoms with E-state index in [2.05, 4.69) is 15.5 Å². The van der Waals surface area contributed by atoms with E-state index in [1.165, 1.54) is 6.20 Å². The third-order valence-corrected chi connectivity index (χ3v) is 2.12. The number of nitrogens with two attached hydrogens (primary N) is 1. The first-order valence-electron chi connectivity index (χ1n) is 4.58. The van der Waals surface area contributed by atoms with Crippen LogP contribution in [0.3, 0.4) is 0 Å². The van der Waals surface area contributed by atoms with Crippen LogP contribution < -0.4 is 11.1 Å². The van der Waals surface area contributed by atoms with Crippen LogP contribution in [0.2, 0.25) is 0 Å². The van der Waals surface area contributed by atoms with Crippen LogP contribution in [0.4, 0.5) is 5.69 Å². The molecule has 1 aromatic rings. The maximum Gasteiger partial charge on any atom is 0.271 e. The second kappa shape index (κ2) is 4.31. The van der Waals surface area contributed by atoms with E-state index in [4.69, 9.17) is 10.5 Å². The molecule has 0 aliphatic heterocycles. The Morgan fingerprint density at radius 2 is 2.40 bits per heavy atom. The number of hydrogen-bond donors (Lipinski definition) is 3. The van der Waals surface area contributed by atoms with E-state index in [9.17, 15) is 4.79 Å². The lowest BCUT2D eigenvalue weighted by Gasteiger charge is -2.22. The van der Waals surface area contributed by atoms with Crippen LogP contribution in [0.25, 0.3) is 0 Å². The molecule has 1 amide bonds. The van der Waals surface area contributed by atoms with Crippen molar-refractivity contribution in [1.29, 1.82) is 0 Å². The van der Waals surface area contributed by atoms with E-state index in [-0.39, 0.29) is 11.6 Å². The number of carbonyl (C=O) groups is 1. The quantitative estimate of drug-likeness (QED) is 0.662. The molecule has 0 spiro atoms. The van der Waals surface area contributed by atoms with Crippen LogP contribution in [0.15, 0.2) is 6.20 Å². The highest BCUT2D eigenvalue weighted by Gasteiger charge is 2.19. The summed E-state index contributed by atoms with van der Waals surface area (Å²) >= 11 is 0. The number of nitrogens with zero attached hydrogens (tertiary/aromatic N) is 1. The summed E-state index contributed by atoms with van der Waals surface area (Å²) in [5.74, 6) is -0.282. The molecule has 0 saturated carbocycles. The van der Waals surface area contributed by atoms with Gasteiger partial charge in [-0.2, -0.15) is 5.10 Å². The Kier molecular flexibility index (Phi) is 3.31. The number of anilines is 1. The monoisotopic (exact) mass is 212 g/mol. The second-order valence-electron chi connectivity index (χ2n) is 3.85.